The van der Waals surface area contributed by atoms with Gasteiger partial charge in [-0.15, -0.1) is 0 Å². The van der Waals surface area contributed by atoms with Crippen LogP contribution in [0.5, 0.6) is 0 Å². The number of amides is 2. The molecule has 2 amide bonds. The Labute approximate surface area is 163 Å². The molecule has 3 N–H and O–H groups in total. The van der Waals surface area contributed by atoms with Crippen LogP contribution in [0.3, 0.4) is 0 Å². The summed E-state index contributed by atoms with van der Waals surface area (Å²) in [6, 6.07) is 7.04. The second kappa shape index (κ2) is 7.39. The zero-order chi connectivity index (χ0) is 19.1. The summed E-state index contributed by atoms with van der Waals surface area (Å²) in [6.45, 7) is 1.60. The number of benzene rings is 1. The fourth-order valence-electron chi connectivity index (χ4n) is 4.75. The number of rotatable bonds is 4. The van der Waals surface area contributed by atoms with E-state index in [1.54, 1.807) is 31.3 Å². The number of hydrogen-bond acceptors (Lipinski definition) is 5. The molecule has 0 aliphatic carbocycles. The Morgan fingerprint density at radius 1 is 1.33 bits per heavy atom. The van der Waals surface area contributed by atoms with Crippen molar-refractivity contribution >= 4 is 29.1 Å². The monoisotopic (exact) mass is 393 g/mol. The smallest absolute Gasteiger partial charge is 0.233 e. The van der Waals surface area contributed by atoms with E-state index in [1.807, 2.05) is 4.90 Å². The SMILES string of the molecule is CNC(=O)CN1C[C@H]2[C@H](O)[C@@H]3CC(C(=O)Nc4cccc(Cl)c4)[C@@H](O3)[C@H]2C1. The van der Waals surface area contributed by atoms with E-state index in [-0.39, 0.29) is 41.8 Å². The van der Waals surface area contributed by atoms with Crippen LogP contribution in [0.4, 0.5) is 5.69 Å². The molecule has 6 atom stereocenters. The highest BCUT2D eigenvalue weighted by Crippen LogP contribution is 2.47. The van der Waals surface area contributed by atoms with Gasteiger partial charge in [-0.25, -0.2) is 0 Å². The second-order valence-corrected chi connectivity index (χ2v) is 8.10. The lowest BCUT2D eigenvalue weighted by Gasteiger charge is -2.36. The Balaban J connectivity index is 1.47. The molecule has 0 radical (unpaired) electrons. The van der Waals surface area contributed by atoms with Crippen LogP contribution in [-0.2, 0) is 14.3 Å². The van der Waals surface area contributed by atoms with Crippen molar-refractivity contribution in [1.82, 2.24) is 10.2 Å². The van der Waals surface area contributed by atoms with Gasteiger partial charge in [0.1, 0.15) is 0 Å². The van der Waals surface area contributed by atoms with E-state index in [0.29, 0.717) is 36.8 Å². The third-order valence-electron chi connectivity index (χ3n) is 6.02. The van der Waals surface area contributed by atoms with Gasteiger partial charge in [0.15, 0.2) is 0 Å². The summed E-state index contributed by atoms with van der Waals surface area (Å²) >= 11 is 5.99. The summed E-state index contributed by atoms with van der Waals surface area (Å²) < 4.78 is 6.03. The Bertz CT molecular complexity index is 745. The molecule has 0 aromatic heterocycles. The molecular formula is C19H24ClN3O4. The summed E-state index contributed by atoms with van der Waals surface area (Å²) in [7, 11) is 1.61. The van der Waals surface area contributed by atoms with E-state index in [2.05, 4.69) is 10.6 Å². The fraction of sp³-hybridized carbons (Fsp3) is 0.579. The molecule has 3 aliphatic heterocycles. The fourth-order valence-corrected chi connectivity index (χ4v) is 4.94. The molecule has 27 heavy (non-hydrogen) atoms. The maximum Gasteiger partial charge on any atom is 0.233 e. The second-order valence-electron chi connectivity index (χ2n) is 7.67. The standard InChI is InChI=1S/C19H24ClN3O4/c1-21-16(24)9-23-7-13-14(8-23)18-12(6-15(27-18)17(13)25)19(26)22-11-4-2-3-10(20)5-11/h2-5,12-15,17-18,25H,6-9H2,1H3,(H,21,24)(H,22,26)/t12?,13-,14+,15+,17+,18-/m1/s1. The minimum atomic E-state index is -0.607. The number of anilines is 1. The van der Waals surface area contributed by atoms with E-state index in [0.717, 1.165) is 0 Å². The van der Waals surface area contributed by atoms with Crippen molar-refractivity contribution in [3.8, 4) is 0 Å². The Hall–Kier alpha value is -1.67. The normalized spacial score (nSPS) is 34.9. The summed E-state index contributed by atoms with van der Waals surface area (Å²) in [5.74, 6) is -0.411. The molecule has 1 aromatic rings. The minimum absolute atomic E-state index is 0.0300. The van der Waals surface area contributed by atoms with Crippen LogP contribution in [-0.4, -0.2) is 66.8 Å². The van der Waals surface area contributed by atoms with Gasteiger partial charge in [0.25, 0.3) is 0 Å². The average molecular weight is 394 g/mol. The first-order chi connectivity index (χ1) is 13.0. The number of aliphatic hydroxyl groups is 1. The number of hydrogen-bond donors (Lipinski definition) is 3. The van der Waals surface area contributed by atoms with E-state index >= 15 is 0 Å². The molecule has 3 saturated heterocycles. The van der Waals surface area contributed by atoms with Gasteiger partial charge in [-0.3, -0.25) is 14.5 Å². The molecular weight excluding hydrogens is 370 g/mol. The van der Waals surface area contributed by atoms with Crippen LogP contribution < -0.4 is 10.6 Å². The molecule has 0 spiro atoms. The van der Waals surface area contributed by atoms with Crippen molar-refractivity contribution in [1.29, 1.82) is 0 Å². The van der Waals surface area contributed by atoms with Gasteiger partial charge in [-0.1, -0.05) is 17.7 Å². The lowest BCUT2D eigenvalue weighted by atomic mass is 9.83. The molecule has 8 heteroatoms. The molecule has 1 unspecified atom stereocenters. The summed E-state index contributed by atoms with van der Waals surface area (Å²) in [5, 5.41) is 16.8. The molecule has 7 nitrogen and oxygen atoms in total. The van der Waals surface area contributed by atoms with Crippen LogP contribution in [0.2, 0.25) is 5.02 Å². The Morgan fingerprint density at radius 3 is 2.85 bits per heavy atom. The van der Waals surface area contributed by atoms with Gasteiger partial charge in [-0.05, 0) is 24.6 Å². The number of carbonyl (C=O) groups excluding carboxylic acids is 2. The first-order valence-electron chi connectivity index (χ1n) is 9.29. The van der Waals surface area contributed by atoms with E-state index in [1.165, 1.54) is 0 Å². The van der Waals surface area contributed by atoms with Crippen LogP contribution in [0.1, 0.15) is 6.42 Å². The van der Waals surface area contributed by atoms with E-state index < -0.39 is 6.10 Å². The van der Waals surface area contributed by atoms with Gasteiger partial charge in [0, 0.05) is 42.7 Å². The van der Waals surface area contributed by atoms with Gasteiger partial charge < -0.3 is 20.5 Å². The first kappa shape index (κ1) is 18.7. The lowest BCUT2D eigenvalue weighted by Crippen LogP contribution is -2.47. The zero-order valence-electron chi connectivity index (χ0n) is 15.1. The molecule has 146 valence electrons. The third-order valence-corrected chi connectivity index (χ3v) is 6.25. The van der Waals surface area contributed by atoms with E-state index in [9.17, 15) is 14.7 Å². The van der Waals surface area contributed by atoms with Crippen LogP contribution >= 0.6 is 11.6 Å². The zero-order valence-corrected chi connectivity index (χ0v) is 15.9. The van der Waals surface area contributed by atoms with Crippen molar-refractivity contribution in [2.45, 2.75) is 24.7 Å². The van der Waals surface area contributed by atoms with Crippen molar-refractivity contribution in [2.75, 3.05) is 32.0 Å². The van der Waals surface area contributed by atoms with Gasteiger partial charge in [0.2, 0.25) is 11.8 Å². The predicted octanol–water partition coefficient (Wildman–Crippen LogP) is 0.721. The van der Waals surface area contributed by atoms with Crippen molar-refractivity contribution in [3.63, 3.8) is 0 Å². The van der Waals surface area contributed by atoms with Gasteiger partial charge in [-0.2, -0.15) is 0 Å². The molecule has 3 heterocycles. The first-order valence-corrected chi connectivity index (χ1v) is 9.67. The average Bonchev–Trinajstić information content (AvgIpc) is 3.23. The lowest BCUT2D eigenvalue weighted by molar-refractivity contribution is -0.138. The topological polar surface area (TPSA) is 90.9 Å². The Morgan fingerprint density at radius 2 is 2.11 bits per heavy atom. The third kappa shape index (κ3) is 3.57. The molecule has 3 fully saturated rings. The van der Waals surface area contributed by atoms with Gasteiger partial charge >= 0.3 is 0 Å². The number of aliphatic hydroxyl groups excluding tert-OH is 1. The number of carbonyl (C=O) groups is 2. The molecule has 4 rings (SSSR count). The number of nitrogens with zero attached hydrogens (tertiary/aromatic N) is 1. The van der Waals surface area contributed by atoms with Crippen molar-refractivity contribution in [2.24, 2.45) is 17.8 Å². The van der Waals surface area contributed by atoms with Crippen LogP contribution in [0, 0.1) is 17.8 Å². The highest BCUT2D eigenvalue weighted by molar-refractivity contribution is 6.30. The van der Waals surface area contributed by atoms with E-state index in [4.69, 9.17) is 16.3 Å². The van der Waals surface area contributed by atoms with Crippen LogP contribution in [0.25, 0.3) is 0 Å². The number of ether oxygens (including phenoxy) is 1. The number of likely N-dealkylation sites (tertiary alicyclic amines) is 1. The Kier molecular flexibility index (Phi) is 5.11. The maximum atomic E-state index is 12.9. The summed E-state index contributed by atoms with van der Waals surface area (Å²) in [4.78, 5) is 26.6. The molecule has 2 bridgehead atoms. The number of likely N-dealkylation sites (N-methyl/N-ethyl adjacent to an activating group) is 1. The number of nitrogens with one attached hydrogen (secondary N) is 2. The predicted molar refractivity (Wildman–Crippen MR) is 100 cm³/mol. The molecule has 0 saturated carbocycles. The quantitative estimate of drug-likeness (QED) is 0.701. The van der Waals surface area contributed by atoms with Crippen molar-refractivity contribution < 1.29 is 19.4 Å². The summed E-state index contributed by atoms with van der Waals surface area (Å²) in [6.07, 6.45) is -0.658. The highest BCUT2D eigenvalue weighted by atomic mass is 35.5. The van der Waals surface area contributed by atoms with Gasteiger partial charge in [0.05, 0.1) is 30.8 Å². The summed E-state index contributed by atoms with van der Waals surface area (Å²) in [5.41, 5.74) is 0.652. The molecule has 1 aromatic carbocycles. The molecule has 3 aliphatic rings. The highest BCUT2D eigenvalue weighted by Gasteiger charge is 2.57. The van der Waals surface area contributed by atoms with Crippen LogP contribution in [0.15, 0.2) is 24.3 Å². The maximum absolute atomic E-state index is 12.9. The van der Waals surface area contributed by atoms with Crippen molar-refractivity contribution in [3.05, 3.63) is 29.3 Å². The largest absolute Gasteiger partial charge is 0.390 e. The minimum Gasteiger partial charge on any atom is -0.390 e. The number of fused-ring (bicyclic) bond motifs is 4. The number of halogens is 1.